The molecule has 1 unspecified atom stereocenters. The lowest BCUT2D eigenvalue weighted by Crippen LogP contribution is -2.04. The summed E-state index contributed by atoms with van der Waals surface area (Å²) < 4.78 is 6.36. The van der Waals surface area contributed by atoms with Crippen molar-refractivity contribution in [2.24, 2.45) is 0 Å². The molecule has 15 heavy (non-hydrogen) atoms. The number of nitrogens with zero attached hydrogens (tertiary/aromatic N) is 3. The van der Waals surface area contributed by atoms with E-state index in [2.05, 4.69) is 36.9 Å². The fourth-order valence-corrected chi connectivity index (χ4v) is 2.60. The van der Waals surface area contributed by atoms with Gasteiger partial charge in [0.1, 0.15) is 0 Å². The minimum Gasteiger partial charge on any atom is -0.464 e. The van der Waals surface area contributed by atoms with Crippen molar-refractivity contribution in [2.75, 3.05) is 7.11 Å². The van der Waals surface area contributed by atoms with E-state index in [4.69, 9.17) is 0 Å². The molecule has 78 valence electrons. The molecule has 0 N–H and O–H groups in total. The molecule has 0 spiro atoms. The van der Waals surface area contributed by atoms with Crippen molar-refractivity contribution in [3.8, 4) is 0 Å². The lowest BCUT2D eigenvalue weighted by molar-refractivity contribution is 0.0594. The van der Waals surface area contributed by atoms with Gasteiger partial charge in [-0.1, -0.05) is 0 Å². The topological polar surface area (TPSA) is 57.0 Å². The summed E-state index contributed by atoms with van der Waals surface area (Å²) in [7, 11) is 1.34. The Kier molecular flexibility index (Phi) is 3.16. The average Bonchev–Trinajstić information content (AvgIpc) is 2.69. The standard InChI is InChI=1S/C8H7IN3O2P/c1-14-8(13)6-3-2-5-4-10-12(15-9)7(5)11-6/h2-4,15H,1H3. The van der Waals surface area contributed by atoms with E-state index in [1.807, 2.05) is 6.07 Å². The van der Waals surface area contributed by atoms with Gasteiger partial charge in [0.25, 0.3) is 0 Å². The van der Waals surface area contributed by atoms with Gasteiger partial charge in [-0.2, -0.15) is 5.10 Å². The van der Waals surface area contributed by atoms with E-state index in [9.17, 15) is 4.79 Å². The highest BCUT2D eigenvalue weighted by Gasteiger charge is 2.10. The zero-order valence-electron chi connectivity index (χ0n) is 7.77. The van der Waals surface area contributed by atoms with Gasteiger partial charge in [-0.05, 0) is 34.2 Å². The Morgan fingerprint density at radius 2 is 2.40 bits per heavy atom. The number of halogens is 1. The number of carbonyl (C=O) groups is 1. The van der Waals surface area contributed by atoms with Crippen LogP contribution in [0.25, 0.3) is 11.0 Å². The zero-order valence-corrected chi connectivity index (χ0v) is 10.9. The molecular weight excluding hydrogens is 328 g/mol. The Morgan fingerprint density at radius 1 is 1.60 bits per heavy atom. The average molecular weight is 335 g/mol. The summed E-state index contributed by atoms with van der Waals surface area (Å²) in [5, 5.41) is 5.07. The predicted octanol–water partition coefficient (Wildman–Crippen LogP) is 2.01. The molecule has 0 aromatic carbocycles. The minimum absolute atomic E-state index is 0.307. The van der Waals surface area contributed by atoms with Crippen LogP contribution in [-0.4, -0.2) is 27.6 Å². The third kappa shape index (κ3) is 1.96. The molecule has 0 saturated carbocycles. The van der Waals surface area contributed by atoms with Crippen LogP contribution in [0.3, 0.4) is 0 Å². The molecule has 0 aliphatic rings. The fourth-order valence-electron chi connectivity index (χ4n) is 1.18. The molecule has 2 aromatic rings. The smallest absolute Gasteiger partial charge is 0.356 e. The lowest BCUT2D eigenvalue weighted by Gasteiger charge is -1.99. The SMILES string of the molecule is COC(=O)c1ccc2cnn(PI)c2n1. The van der Waals surface area contributed by atoms with Crippen molar-refractivity contribution >= 4 is 45.4 Å². The van der Waals surface area contributed by atoms with Crippen LogP contribution in [0.4, 0.5) is 0 Å². The summed E-state index contributed by atoms with van der Waals surface area (Å²) in [6.45, 7) is 0. The van der Waals surface area contributed by atoms with Crippen LogP contribution < -0.4 is 0 Å². The van der Waals surface area contributed by atoms with Crippen LogP contribution in [0.2, 0.25) is 0 Å². The summed E-state index contributed by atoms with van der Waals surface area (Å²) in [6.07, 6.45) is 2.19. The lowest BCUT2D eigenvalue weighted by atomic mass is 10.3. The Balaban J connectivity index is 2.57. The first-order valence-corrected chi connectivity index (χ1v) is 8.12. The number of fused-ring (bicyclic) bond motifs is 1. The van der Waals surface area contributed by atoms with Gasteiger partial charge >= 0.3 is 5.97 Å². The number of hydrogen-bond donors (Lipinski definition) is 0. The summed E-state index contributed by atoms with van der Waals surface area (Å²) in [4.78, 5) is 15.5. The van der Waals surface area contributed by atoms with E-state index in [1.165, 1.54) is 7.11 Å². The molecule has 0 radical (unpaired) electrons. The van der Waals surface area contributed by atoms with Gasteiger partial charge in [-0.3, -0.25) is 0 Å². The van der Waals surface area contributed by atoms with Crippen LogP contribution in [0.1, 0.15) is 10.5 Å². The van der Waals surface area contributed by atoms with Crippen molar-refractivity contribution in [1.29, 1.82) is 0 Å². The van der Waals surface area contributed by atoms with Crippen molar-refractivity contribution in [1.82, 2.24) is 14.5 Å². The van der Waals surface area contributed by atoms with Gasteiger partial charge in [0, 0.05) is 5.39 Å². The van der Waals surface area contributed by atoms with E-state index < -0.39 is 5.97 Å². The highest BCUT2D eigenvalue weighted by molar-refractivity contribution is 14.2. The first-order valence-electron chi connectivity index (χ1n) is 4.06. The molecule has 0 bridgehead atoms. The molecule has 0 fully saturated rings. The summed E-state index contributed by atoms with van der Waals surface area (Å²) >= 11 is 2.21. The highest BCUT2D eigenvalue weighted by Crippen LogP contribution is 2.27. The number of methoxy groups -OCH3 is 1. The molecule has 0 amide bonds. The number of carbonyl (C=O) groups excluding carboxylic acids is 1. The van der Waals surface area contributed by atoms with E-state index in [1.54, 1.807) is 16.7 Å². The second-order valence-electron chi connectivity index (χ2n) is 2.74. The predicted molar refractivity (Wildman–Crippen MR) is 66.6 cm³/mol. The third-order valence-corrected chi connectivity index (χ3v) is 3.75. The molecule has 7 heteroatoms. The highest BCUT2D eigenvalue weighted by atomic mass is 127. The summed E-state index contributed by atoms with van der Waals surface area (Å²) in [6, 6.07) is 3.45. The van der Waals surface area contributed by atoms with E-state index in [0.29, 0.717) is 17.7 Å². The maximum absolute atomic E-state index is 11.3. The van der Waals surface area contributed by atoms with Crippen molar-refractivity contribution in [3.05, 3.63) is 24.0 Å². The van der Waals surface area contributed by atoms with Crippen LogP contribution in [0.15, 0.2) is 18.3 Å². The van der Waals surface area contributed by atoms with Gasteiger partial charge in [-0.15, -0.1) is 0 Å². The van der Waals surface area contributed by atoms with Crippen LogP contribution >= 0.6 is 28.4 Å². The van der Waals surface area contributed by atoms with Gasteiger partial charge in [0.05, 0.1) is 19.7 Å². The second kappa shape index (κ2) is 4.40. The number of pyridine rings is 1. The summed E-state index contributed by atoms with van der Waals surface area (Å²) in [5.41, 5.74) is 1.02. The molecule has 2 heterocycles. The molecule has 2 rings (SSSR count). The van der Waals surface area contributed by atoms with Crippen LogP contribution in [0.5, 0.6) is 0 Å². The summed E-state index contributed by atoms with van der Waals surface area (Å²) in [5.74, 6) is -0.429. The Morgan fingerprint density at radius 3 is 3.07 bits per heavy atom. The first-order chi connectivity index (χ1) is 7.26. The van der Waals surface area contributed by atoms with E-state index >= 15 is 0 Å². The Hall–Kier alpha value is -0.750. The van der Waals surface area contributed by atoms with Crippen molar-refractivity contribution < 1.29 is 9.53 Å². The molecule has 2 aromatic heterocycles. The largest absolute Gasteiger partial charge is 0.464 e. The van der Waals surface area contributed by atoms with Crippen LogP contribution in [-0.2, 0) is 4.74 Å². The normalized spacial score (nSPS) is 11.3. The van der Waals surface area contributed by atoms with Gasteiger partial charge in [0.2, 0.25) is 0 Å². The molecule has 0 aliphatic heterocycles. The maximum Gasteiger partial charge on any atom is 0.356 e. The Bertz CT molecular complexity index is 514. The molecule has 1 atom stereocenters. The molecular formula is C8H7IN3O2P. The second-order valence-corrected chi connectivity index (χ2v) is 4.78. The number of aromatic nitrogens is 3. The number of esters is 1. The van der Waals surface area contributed by atoms with Gasteiger partial charge < -0.3 is 4.74 Å². The van der Waals surface area contributed by atoms with E-state index in [-0.39, 0.29) is 0 Å². The molecule has 5 nitrogen and oxygen atoms in total. The number of ether oxygens (including phenoxy) is 1. The molecule has 0 saturated heterocycles. The van der Waals surface area contributed by atoms with Gasteiger partial charge in [-0.25, -0.2) is 14.2 Å². The van der Waals surface area contributed by atoms with Gasteiger partial charge in [0.15, 0.2) is 11.3 Å². The van der Waals surface area contributed by atoms with Crippen molar-refractivity contribution in [2.45, 2.75) is 0 Å². The fraction of sp³-hybridized carbons (Fsp3) is 0.125. The zero-order chi connectivity index (χ0) is 10.8. The number of rotatable bonds is 2. The number of hydrogen-bond acceptors (Lipinski definition) is 4. The maximum atomic E-state index is 11.3. The first kappa shape index (κ1) is 10.8. The minimum atomic E-state index is -0.429. The van der Waals surface area contributed by atoms with E-state index in [0.717, 1.165) is 5.39 Å². The monoisotopic (exact) mass is 335 g/mol. The quantitative estimate of drug-likeness (QED) is 0.479. The van der Waals surface area contributed by atoms with Crippen molar-refractivity contribution in [3.63, 3.8) is 0 Å². The Labute approximate surface area is 101 Å². The van der Waals surface area contributed by atoms with Crippen LogP contribution in [0, 0.1) is 0 Å². The third-order valence-electron chi connectivity index (χ3n) is 1.89. The molecule has 0 aliphatic carbocycles.